The minimum Gasteiger partial charge on any atom is -0.375 e. The molecule has 2 nitrogen and oxygen atoms in total. The summed E-state index contributed by atoms with van der Waals surface area (Å²) in [4.78, 5) is 5.37. The molecule has 3 aromatic rings. The van der Waals surface area contributed by atoms with Crippen LogP contribution in [-0.4, -0.2) is 4.98 Å². The van der Waals surface area contributed by atoms with Gasteiger partial charge in [-0.05, 0) is 29.8 Å². The highest BCUT2D eigenvalue weighted by atomic mass is 32.1. The molecule has 0 saturated heterocycles. The second kappa shape index (κ2) is 4.82. The Bertz CT molecular complexity index is 690. The fourth-order valence-electron chi connectivity index (χ4n) is 1.93. The van der Waals surface area contributed by atoms with Gasteiger partial charge < -0.3 is 5.73 Å². The maximum absolute atomic E-state index is 13.0. The van der Waals surface area contributed by atoms with Gasteiger partial charge in [0.25, 0.3) is 0 Å². The fourth-order valence-corrected chi connectivity index (χ4v) is 2.79. The van der Waals surface area contributed by atoms with Gasteiger partial charge in [0.1, 0.15) is 5.82 Å². The van der Waals surface area contributed by atoms with Gasteiger partial charge in [-0.25, -0.2) is 9.37 Å². The van der Waals surface area contributed by atoms with E-state index in [1.165, 1.54) is 23.5 Å². The summed E-state index contributed by atoms with van der Waals surface area (Å²) in [5.41, 5.74) is 8.55. The van der Waals surface area contributed by atoms with Crippen molar-refractivity contribution >= 4 is 16.5 Å². The van der Waals surface area contributed by atoms with E-state index >= 15 is 0 Å². The van der Waals surface area contributed by atoms with Crippen molar-refractivity contribution in [3.05, 3.63) is 60.4 Å². The monoisotopic (exact) mass is 270 g/mol. The third kappa shape index (κ3) is 2.35. The van der Waals surface area contributed by atoms with Gasteiger partial charge in [-0.1, -0.05) is 41.7 Å². The van der Waals surface area contributed by atoms with Crippen molar-refractivity contribution in [3.8, 4) is 21.7 Å². The summed E-state index contributed by atoms with van der Waals surface area (Å²) < 4.78 is 13.0. The number of hydrogen-bond acceptors (Lipinski definition) is 3. The molecule has 0 unspecified atom stereocenters. The molecule has 1 aromatic heterocycles. The second-order valence-corrected chi connectivity index (χ2v) is 5.13. The molecule has 0 bridgehead atoms. The molecule has 0 spiro atoms. The molecule has 0 amide bonds. The first-order valence-electron chi connectivity index (χ1n) is 5.82. The van der Waals surface area contributed by atoms with Crippen LogP contribution < -0.4 is 5.73 Å². The van der Waals surface area contributed by atoms with Gasteiger partial charge in [0, 0.05) is 5.56 Å². The van der Waals surface area contributed by atoms with Crippen molar-refractivity contribution in [1.29, 1.82) is 0 Å². The first-order chi connectivity index (χ1) is 9.24. The molecule has 1 heterocycles. The summed E-state index contributed by atoms with van der Waals surface area (Å²) in [6.07, 6.45) is 0. The summed E-state index contributed by atoms with van der Waals surface area (Å²) in [5, 5.41) is 0.512. The molecular formula is C15H11FN2S. The van der Waals surface area contributed by atoms with Gasteiger partial charge in [0.15, 0.2) is 5.13 Å². The van der Waals surface area contributed by atoms with Crippen LogP contribution in [0.5, 0.6) is 0 Å². The second-order valence-electron chi connectivity index (χ2n) is 4.10. The summed E-state index contributed by atoms with van der Waals surface area (Å²) in [7, 11) is 0. The van der Waals surface area contributed by atoms with Crippen LogP contribution >= 0.6 is 11.3 Å². The van der Waals surface area contributed by atoms with Crippen molar-refractivity contribution in [1.82, 2.24) is 4.98 Å². The lowest BCUT2D eigenvalue weighted by molar-refractivity contribution is 0.628. The van der Waals surface area contributed by atoms with Crippen molar-refractivity contribution < 1.29 is 4.39 Å². The first kappa shape index (κ1) is 11.9. The number of benzene rings is 2. The van der Waals surface area contributed by atoms with Crippen molar-refractivity contribution in [2.24, 2.45) is 0 Å². The Labute approximate surface area is 114 Å². The Morgan fingerprint density at radius 2 is 1.58 bits per heavy atom. The zero-order valence-corrected chi connectivity index (χ0v) is 10.8. The van der Waals surface area contributed by atoms with Crippen LogP contribution in [0.1, 0.15) is 0 Å². The number of nitrogens with zero attached hydrogens (tertiary/aromatic N) is 1. The normalized spacial score (nSPS) is 10.6. The lowest BCUT2D eigenvalue weighted by Crippen LogP contribution is -1.85. The molecule has 0 fully saturated rings. The van der Waals surface area contributed by atoms with E-state index in [9.17, 15) is 4.39 Å². The van der Waals surface area contributed by atoms with Gasteiger partial charge >= 0.3 is 0 Å². The van der Waals surface area contributed by atoms with Gasteiger partial charge in [-0.2, -0.15) is 0 Å². The molecule has 0 aliphatic heterocycles. The molecule has 2 N–H and O–H groups in total. The molecule has 0 atom stereocenters. The number of nitrogens with two attached hydrogens (primary N) is 1. The quantitative estimate of drug-likeness (QED) is 0.758. The number of anilines is 1. The van der Waals surface area contributed by atoms with Crippen molar-refractivity contribution in [3.63, 3.8) is 0 Å². The van der Waals surface area contributed by atoms with E-state index in [-0.39, 0.29) is 5.82 Å². The molecule has 2 aromatic carbocycles. The van der Waals surface area contributed by atoms with Crippen LogP contribution in [0.3, 0.4) is 0 Å². The fraction of sp³-hybridized carbons (Fsp3) is 0. The molecular weight excluding hydrogens is 259 g/mol. The molecule has 94 valence electrons. The number of aromatic nitrogens is 1. The van der Waals surface area contributed by atoms with E-state index in [1.807, 2.05) is 30.3 Å². The standard InChI is InChI=1S/C15H11FN2S/c16-12-8-6-10(7-9-12)13-14(19-15(17)18-13)11-4-2-1-3-5-11/h1-9H,(H2,17,18). The zero-order chi connectivity index (χ0) is 13.2. The van der Waals surface area contributed by atoms with Crippen LogP contribution in [0, 0.1) is 5.82 Å². The highest BCUT2D eigenvalue weighted by Gasteiger charge is 2.13. The summed E-state index contributed by atoms with van der Waals surface area (Å²) in [6.45, 7) is 0. The van der Waals surface area contributed by atoms with Gasteiger partial charge in [-0.3, -0.25) is 0 Å². The maximum atomic E-state index is 13.0. The summed E-state index contributed by atoms with van der Waals surface area (Å²) in [6, 6.07) is 16.2. The number of rotatable bonds is 2. The highest BCUT2D eigenvalue weighted by molar-refractivity contribution is 7.19. The predicted octanol–water partition coefficient (Wildman–Crippen LogP) is 4.20. The number of nitrogen functional groups attached to an aromatic ring is 1. The summed E-state index contributed by atoms with van der Waals surface area (Å²) >= 11 is 1.44. The van der Waals surface area contributed by atoms with Gasteiger partial charge in [-0.15, -0.1) is 0 Å². The van der Waals surface area contributed by atoms with Gasteiger partial charge in [0.05, 0.1) is 10.6 Å². The Morgan fingerprint density at radius 3 is 2.26 bits per heavy atom. The van der Waals surface area contributed by atoms with Crippen molar-refractivity contribution in [2.45, 2.75) is 0 Å². The predicted molar refractivity (Wildman–Crippen MR) is 77.4 cm³/mol. The first-order valence-corrected chi connectivity index (χ1v) is 6.63. The Morgan fingerprint density at radius 1 is 0.895 bits per heavy atom. The number of hydrogen-bond donors (Lipinski definition) is 1. The van der Waals surface area contributed by atoms with Crippen LogP contribution in [0.25, 0.3) is 21.7 Å². The van der Waals surface area contributed by atoms with Crippen LogP contribution in [0.2, 0.25) is 0 Å². The van der Waals surface area contributed by atoms with E-state index in [0.717, 1.165) is 21.7 Å². The Hall–Kier alpha value is -2.20. The molecule has 0 radical (unpaired) electrons. The SMILES string of the molecule is Nc1nc(-c2ccc(F)cc2)c(-c2ccccc2)s1. The average molecular weight is 270 g/mol. The number of thiazole rings is 1. The minimum absolute atomic E-state index is 0.256. The van der Waals surface area contributed by atoms with Crippen LogP contribution in [-0.2, 0) is 0 Å². The highest BCUT2D eigenvalue weighted by Crippen LogP contribution is 2.37. The van der Waals surface area contributed by atoms with Crippen molar-refractivity contribution in [2.75, 3.05) is 5.73 Å². The Kier molecular flexibility index (Phi) is 3.01. The molecule has 0 saturated carbocycles. The number of halogens is 1. The largest absolute Gasteiger partial charge is 0.375 e. The molecule has 19 heavy (non-hydrogen) atoms. The van der Waals surface area contributed by atoms with Crippen LogP contribution in [0.15, 0.2) is 54.6 Å². The van der Waals surface area contributed by atoms with Crippen LogP contribution in [0.4, 0.5) is 9.52 Å². The molecule has 4 heteroatoms. The molecule has 0 aliphatic rings. The van der Waals surface area contributed by atoms with Gasteiger partial charge in [0.2, 0.25) is 0 Å². The lowest BCUT2D eigenvalue weighted by atomic mass is 10.1. The molecule has 3 rings (SSSR count). The third-order valence-corrected chi connectivity index (χ3v) is 3.73. The van der Waals surface area contributed by atoms with E-state index in [1.54, 1.807) is 12.1 Å². The Balaban J connectivity index is 2.15. The zero-order valence-electron chi connectivity index (χ0n) is 10.0. The van der Waals surface area contributed by atoms with E-state index < -0.39 is 0 Å². The minimum atomic E-state index is -0.256. The van der Waals surface area contributed by atoms with E-state index in [0.29, 0.717) is 5.13 Å². The van der Waals surface area contributed by atoms with E-state index in [4.69, 9.17) is 5.73 Å². The lowest BCUT2D eigenvalue weighted by Gasteiger charge is -2.02. The topological polar surface area (TPSA) is 38.9 Å². The molecule has 0 aliphatic carbocycles. The summed E-state index contributed by atoms with van der Waals surface area (Å²) in [5.74, 6) is -0.256. The van der Waals surface area contributed by atoms with E-state index in [2.05, 4.69) is 4.98 Å². The average Bonchev–Trinajstić information content (AvgIpc) is 2.83. The smallest absolute Gasteiger partial charge is 0.181 e. The third-order valence-electron chi connectivity index (χ3n) is 2.80. The maximum Gasteiger partial charge on any atom is 0.181 e.